The second-order valence-electron chi connectivity index (χ2n) is 6.59. The lowest BCUT2D eigenvalue weighted by Gasteiger charge is -2.34. The van der Waals surface area contributed by atoms with Gasteiger partial charge in [-0.15, -0.1) is 0 Å². The summed E-state index contributed by atoms with van der Waals surface area (Å²) >= 11 is 0. The van der Waals surface area contributed by atoms with Gasteiger partial charge in [-0.25, -0.2) is 0 Å². The van der Waals surface area contributed by atoms with Crippen molar-refractivity contribution in [1.29, 1.82) is 0 Å². The summed E-state index contributed by atoms with van der Waals surface area (Å²) in [7, 11) is 0. The average molecular weight is 249 g/mol. The largest absolute Gasteiger partial charge is 0.299 e. The third-order valence-electron chi connectivity index (χ3n) is 5.06. The van der Waals surface area contributed by atoms with Gasteiger partial charge in [-0.05, 0) is 58.0 Å². The molecule has 1 nitrogen and oxygen atoms in total. The zero-order valence-corrected chi connectivity index (χ0v) is 12.5. The van der Waals surface area contributed by atoms with Gasteiger partial charge in [0.15, 0.2) is 0 Å². The van der Waals surface area contributed by atoms with Crippen LogP contribution in [0.1, 0.15) is 65.2 Å². The van der Waals surface area contributed by atoms with E-state index in [4.69, 9.17) is 0 Å². The molecule has 0 N–H and O–H groups in total. The van der Waals surface area contributed by atoms with Gasteiger partial charge in [0.05, 0.1) is 0 Å². The number of hydrogen-bond donors (Lipinski definition) is 0. The summed E-state index contributed by atoms with van der Waals surface area (Å²) in [5, 5.41) is 0. The van der Waals surface area contributed by atoms with Crippen LogP contribution in [0.5, 0.6) is 0 Å². The highest BCUT2D eigenvalue weighted by molar-refractivity contribution is 4.99. The SMILES string of the molecule is C/C=C(\C)CN1CCC(CC2CCCCC2)CC1. The van der Waals surface area contributed by atoms with Crippen molar-refractivity contribution >= 4 is 0 Å². The molecule has 18 heavy (non-hydrogen) atoms. The molecule has 1 aliphatic carbocycles. The van der Waals surface area contributed by atoms with Crippen LogP contribution in [0.2, 0.25) is 0 Å². The number of allylic oxidation sites excluding steroid dienone is 1. The molecule has 104 valence electrons. The van der Waals surface area contributed by atoms with Crippen LogP contribution < -0.4 is 0 Å². The van der Waals surface area contributed by atoms with Crippen LogP contribution in [0.4, 0.5) is 0 Å². The molecule has 2 rings (SSSR count). The maximum atomic E-state index is 2.65. The van der Waals surface area contributed by atoms with E-state index >= 15 is 0 Å². The summed E-state index contributed by atoms with van der Waals surface area (Å²) in [4.78, 5) is 2.65. The molecule has 0 atom stereocenters. The molecule has 0 unspecified atom stereocenters. The zero-order valence-electron chi connectivity index (χ0n) is 12.5. The molecule has 0 radical (unpaired) electrons. The standard InChI is InChI=1S/C17H31N/c1-3-15(2)14-18-11-9-17(10-12-18)13-16-7-5-4-6-8-16/h3,16-17H,4-14H2,1-2H3/b15-3+. The molecule has 1 heterocycles. The lowest BCUT2D eigenvalue weighted by Crippen LogP contribution is -2.35. The third kappa shape index (κ3) is 4.42. The molecule has 1 saturated heterocycles. The first-order valence-electron chi connectivity index (χ1n) is 8.12. The van der Waals surface area contributed by atoms with E-state index in [-0.39, 0.29) is 0 Å². The lowest BCUT2D eigenvalue weighted by atomic mass is 9.80. The number of nitrogens with zero attached hydrogens (tertiary/aromatic N) is 1. The van der Waals surface area contributed by atoms with E-state index in [9.17, 15) is 0 Å². The predicted molar refractivity (Wildman–Crippen MR) is 79.8 cm³/mol. The Labute approximate surface area is 114 Å². The lowest BCUT2D eigenvalue weighted by molar-refractivity contribution is 0.167. The smallest absolute Gasteiger partial charge is 0.0189 e. The Hall–Kier alpha value is -0.300. The Bertz CT molecular complexity index is 255. The fourth-order valence-corrected chi connectivity index (χ4v) is 3.72. The molecular weight excluding hydrogens is 218 g/mol. The highest BCUT2D eigenvalue weighted by Gasteiger charge is 2.23. The van der Waals surface area contributed by atoms with Gasteiger partial charge in [-0.2, -0.15) is 0 Å². The predicted octanol–water partition coefficient (Wildman–Crippen LogP) is 4.64. The van der Waals surface area contributed by atoms with Crippen LogP contribution in [0.3, 0.4) is 0 Å². The van der Waals surface area contributed by atoms with E-state index in [0.717, 1.165) is 11.8 Å². The Morgan fingerprint density at radius 2 is 1.61 bits per heavy atom. The molecule has 1 heteroatoms. The molecule has 1 saturated carbocycles. The second-order valence-corrected chi connectivity index (χ2v) is 6.59. The zero-order chi connectivity index (χ0) is 12.8. The molecule has 0 spiro atoms. The maximum absolute atomic E-state index is 2.65. The Kier molecular flexibility index (Phi) is 5.75. The fourth-order valence-electron chi connectivity index (χ4n) is 3.72. The van der Waals surface area contributed by atoms with Crippen LogP contribution >= 0.6 is 0 Å². The van der Waals surface area contributed by atoms with Crippen molar-refractivity contribution in [3.05, 3.63) is 11.6 Å². The van der Waals surface area contributed by atoms with E-state index in [1.807, 2.05) is 0 Å². The first-order valence-corrected chi connectivity index (χ1v) is 8.12. The highest BCUT2D eigenvalue weighted by Crippen LogP contribution is 2.32. The summed E-state index contributed by atoms with van der Waals surface area (Å²) in [5.41, 5.74) is 1.53. The molecule has 0 aromatic rings. The first kappa shape index (κ1) is 14.1. The maximum Gasteiger partial charge on any atom is 0.0189 e. The second kappa shape index (κ2) is 7.33. The normalized spacial score (nSPS) is 25.6. The van der Waals surface area contributed by atoms with E-state index in [1.54, 1.807) is 0 Å². The van der Waals surface area contributed by atoms with Gasteiger partial charge in [0, 0.05) is 6.54 Å². The van der Waals surface area contributed by atoms with E-state index in [0.29, 0.717) is 0 Å². The Balaban J connectivity index is 1.66. The average Bonchev–Trinajstić information content (AvgIpc) is 2.42. The number of piperidine rings is 1. The Morgan fingerprint density at radius 1 is 1.00 bits per heavy atom. The van der Waals surface area contributed by atoms with Crippen LogP contribution in [-0.2, 0) is 0 Å². The van der Waals surface area contributed by atoms with Gasteiger partial charge in [0.1, 0.15) is 0 Å². The van der Waals surface area contributed by atoms with Crippen LogP contribution in [-0.4, -0.2) is 24.5 Å². The molecule has 0 aromatic carbocycles. The van der Waals surface area contributed by atoms with Crippen molar-refractivity contribution < 1.29 is 0 Å². The number of rotatable bonds is 4. The topological polar surface area (TPSA) is 3.24 Å². The minimum absolute atomic E-state index is 1.04. The van der Waals surface area contributed by atoms with Gasteiger partial charge in [-0.3, -0.25) is 4.90 Å². The van der Waals surface area contributed by atoms with Gasteiger partial charge in [0.2, 0.25) is 0 Å². The molecule has 2 fully saturated rings. The van der Waals surface area contributed by atoms with Gasteiger partial charge in [-0.1, -0.05) is 43.8 Å². The van der Waals surface area contributed by atoms with Crippen LogP contribution in [0.25, 0.3) is 0 Å². The molecule has 0 aromatic heterocycles. The molecule has 0 amide bonds. The van der Waals surface area contributed by atoms with Crippen molar-refractivity contribution in [3.8, 4) is 0 Å². The summed E-state index contributed by atoms with van der Waals surface area (Å²) in [6.07, 6.45) is 14.3. The van der Waals surface area contributed by atoms with Crippen molar-refractivity contribution in [3.63, 3.8) is 0 Å². The number of likely N-dealkylation sites (tertiary alicyclic amines) is 1. The number of hydrogen-bond acceptors (Lipinski definition) is 1. The van der Waals surface area contributed by atoms with Crippen LogP contribution in [0.15, 0.2) is 11.6 Å². The van der Waals surface area contributed by atoms with Gasteiger partial charge >= 0.3 is 0 Å². The van der Waals surface area contributed by atoms with Crippen molar-refractivity contribution in [2.24, 2.45) is 11.8 Å². The molecular formula is C17H31N. The summed E-state index contributed by atoms with van der Waals surface area (Å²) in [6, 6.07) is 0. The third-order valence-corrected chi connectivity index (χ3v) is 5.06. The van der Waals surface area contributed by atoms with Crippen LogP contribution in [0, 0.1) is 11.8 Å². The van der Waals surface area contributed by atoms with Gasteiger partial charge in [0.25, 0.3) is 0 Å². The summed E-state index contributed by atoms with van der Waals surface area (Å²) in [5.74, 6) is 2.11. The monoisotopic (exact) mass is 249 g/mol. The Morgan fingerprint density at radius 3 is 2.22 bits per heavy atom. The molecule has 0 bridgehead atoms. The molecule has 2 aliphatic rings. The van der Waals surface area contributed by atoms with Crippen molar-refractivity contribution in [2.75, 3.05) is 19.6 Å². The first-order chi connectivity index (χ1) is 8.78. The summed E-state index contributed by atoms with van der Waals surface area (Å²) in [6.45, 7) is 8.29. The van der Waals surface area contributed by atoms with Crippen molar-refractivity contribution in [2.45, 2.75) is 65.2 Å². The van der Waals surface area contributed by atoms with Gasteiger partial charge < -0.3 is 0 Å². The quantitative estimate of drug-likeness (QED) is 0.656. The highest BCUT2D eigenvalue weighted by atomic mass is 15.1. The van der Waals surface area contributed by atoms with E-state index < -0.39 is 0 Å². The van der Waals surface area contributed by atoms with E-state index in [1.165, 1.54) is 76.6 Å². The summed E-state index contributed by atoms with van der Waals surface area (Å²) < 4.78 is 0. The van der Waals surface area contributed by atoms with E-state index in [2.05, 4.69) is 24.8 Å². The minimum atomic E-state index is 1.04. The van der Waals surface area contributed by atoms with Crippen molar-refractivity contribution in [1.82, 2.24) is 4.90 Å². The minimum Gasteiger partial charge on any atom is -0.299 e. The fraction of sp³-hybridized carbons (Fsp3) is 0.882. The molecule has 1 aliphatic heterocycles.